The topological polar surface area (TPSA) is 24.9 Å². The first-order valence-electron chi connectivity index (χ1n) is 5.48. The van der Waals surface area contributed by atoms with Gasteiger partial charge < -0.3 is 5.32 Å². The minimum Gasteiger partial charge on any atom is -0.362 e. The molecule has 1 rings (SSSR count). The van der Waals surface area contributed by atoms with Gasteiger partial charge in [0.1, 0.15) is 0 Å². The summed E-state index contributed by atoms with van der Waals surface area (Å²) in [5.41, 5.74) is 1.11. The Morgan fingerprint density at radius 3 is 2.80 bits per heavy atom. The number of rotatable bonds is 8. The van der Waals surface area contributed by atoms with Gasteiger partial charge in [-0.25, -0.2) is 4.98 Å². The smallest absolute Gasteiger partial charge is 0.182 e. The molecule has 1 heterocycles. The van der Waals surface area contributed by atoms with Crippen LogP contribution < -0.4 is 5.32 Å². The van der Waals surface area contributed by atoms with Gasteiger partial charge in [0.15, 0.2) is 5.13 Å². The summed E-state index contributed by atoms with van der Waals surface area (Å²) in [7, 11) is 0. The van der Waals surface area contributed by atoms with Gasteiger partial charge in [0, 0.05) is 11.9 Å². The molecule has 0 aliphatic carbocycles. The third-order valence-electron chi connectivity index (χ3n) is 2.17. The maximum absolute atomic E-state index is 4.36. The Balaban J connectivity index is 1.93. The number of hydrogen-bond donors (Lipinski definition) is 1. The molecule has 0 unspecified atom stereocenters. The van der Waals surface area contributed by atoms with Gasteiger partial charge in [-0.2, -0.15) is 11.8 Å². The lowest BCUT2D eigenvalue weighted by Crippen LogP contribution is -2.00. The first-order chi connectivity index (χ1) is 7.33. The fourth-order valence-corrected chi connectivity index (χ4v) is 2.57. The standard InChI is InChI=1S/C11H20N2S2/c1-10-9-15-11(13-10)12-7-5-3-4-6-8-14-2/h9H,3-8H2,1-2H3,(H,12,13). The predicted molar refractivity (Wildman–Crippen MR) is 72.2 cm³/mol. The molecule has 0 aliphatic heterocycles. The highest BCUT2D eigenvalue weighted by Crippen LogP contribution is 2.14. The van der Waals surface area contributed by atoms with Gasteiger partial charge in [0.25, 0.3) is 0 Å². The van der Waals surface area contributed by atoms with Crippen molar-refractivity contribution < 1.29 is 0 Å². The quantitative estimate of drug-likeness (QED) is 0.704. The maximum atomic E-state index is 4.36. The molecule has 2 nitrogen and oxygen atoms in total. The molecular formula is C11H20N2S2. The number of nitrogens with zero attached hydrogens (tertiary/aromatic N) is 1. The van der Waals surface area contributed by atoms with E-state index in [1.165, 1.54) is 31.4 Å². The Kier molecular flexibility index (Phi) is 6.85. The summed E-state index contributed by atoms with van der Waals surface area (Å²) in [6, 6.07) is 0. The minimum absolute atomic E-state index is 1.06. The molecule has 0 fully saturated rings. The largest absolute Gasteiger partial charge is 0.362 e. The molecule has 86 valence electrons. The Hall–Kier alpha value is -0.220. The molecule has 1 aromatic rings. The van der Waals surface area contributed by atoms with E-state index in [1.807, 2.05) is 18.7 Å². The normalized spacial score (nSPS) is 10.5. The van der Waals surface area contributed by atoms with Crippen molar-refractivity contribution in [3.8, 4) is 0 Å². The van der Waals surface area contributed by atoms with E-state index in [9.17, 15) is 0 Å². The van der Waals surface area contributed by atoms with Crippen molar-refractivity contribution in [2.75, 3.05) is 23.9 Å². The second-order valence-corrected chi connectivity index (χ2v) is 5.47. The molecule has 0 atom stereocenters. The summed E-state index contributed by atoms with van der Waals surface area (Å²) in [6.45, 7) is 3.09. The number of anilines is 1. The zero-order valence-corrected chi connectivity index (χ0v) is 11.2. The van der Waals surface area contributed by atoms with E-state index in [1.54, 1.807) is 11.3 Å². The lowest BCUT2D eigenvalue weighted by atomic mass is 10.2. The molecule has 0 amide bonds. The monoisotopic (exact) mass is 244 g/mol. The van der Waals surface area contributed by atoms with Crippen LogP contribution in [0.1, 0.15) is 31.4 Å². The highest BCUT2D eigenvalue weighted by Gasteiger charge is 1.96. The van der Waals surface area contributed by atoms with E-state index in [0.717, 1.165) is 17.4 Å². The van der Waals surface area contributed by atoms with Crippen molar-refractivity contribution in [2.24, 2.45) is 0 Å². The Morgan fingerprint density at radius 1 is 1.33 bits per heavy atom. The third kappa shape index (κ3) is 6.05. The molecule has 0 aromatic carbocycles. The van der Waals surface area contributed by atoms with Crippen molar-refractivity contribution in [1.82, 2.24) is 4.98 Å². The molecule has 0 radical (unpaired) electrons. The molecule has 0 bridgehead atoms. The zero-order valence-electron chi connectivity index (χ0n) is 9.58. The molecule has 4 heteroatoms. The van der Waals surface area contributed by atoms with Gasteiger partial charge in [-0.3, -0.25) is 0 Å². The summed E-state index contributed by atoms with van der Waals surface area (Å²) in [6.07, 6.45) is 7.48. The average molecular weight is 244 g/mol. The molecule has 0 saturated heterocycles. The number of unbranched alkanes of at least 4 members (excludes halogenated alkanes) is 3. The first-order valence-corrected chi connectivity index (χ1v) is 7.75. The van der Waals surface area contributed by atoms with E-state index < -0.39 is 0 Å². The number of nitrogens with one attached hydrogen (secondary N) is 1. The van der Waals surface area contributed by atoms with Crippen LogP contribution in [0.5, 0.6) is 0 Å². The van der Waals surface area contributed by atoms with Crippen LogP contribution in [0.25, 0.3) is 0 Å². The SMILES string of the molecule is CSCCCCCCNc1nc(C)cs1. The van der Waals surface area contributed by atoms with Gasteiger partial charge in [0.05, 0.1) is 5.69 Å². The molecular weight excluding hydrogens is 224 g/mol. The molecule has 15 heavy (non-hydrogen) atoms. The van der Waals surface area contributed by atoms with Gasteiger partial charge >= 0.3 is 0 Å². The lowest BCUT2D eigenvalue weighted by Gasteiger charge is -2.02. The number of aromatic nitrogens is 1. The van der Waals surface area contributed by atoms with Gasteiger partial charge in [-0.1, -0.05) is 12.8 Å². The van der Waals surface area contributed by atoms with Crippen LogP contribution in [-0.2, 0) is 0 Å². The van der Waals surface area contributed by atoms with Crippen LogP contribution in [0, 0.1) is 6.92 Å². The van der Waals surface area contributed by atoms with Gasteiger partial charge in [-0.15, -0.1) is 11.3 Å². The average Bonchev–Trinajstić information content (AvgIpc) is 2.63. The Morgan fingerprint density at radius 2 is 2.13 bits per heavy atom. The van der Waals surface area contributed by atoms with Gasteiger partial charge in [0.2, 0.25) is 0 Å². The summed E-state index contributed by atoms with van der Waals surface area (Å²) < 4.78 is 0. The van der Waals surface area contributed by atoms with Crippen molar-refractivity contribution >= 4 is 28.2 Å². The van der Waals surface area contributed by atoms with Crippen LogP contribution in [0.4, 0.5) is 5.13 Å². The second kappa shape index (κ2) is 7.99. The summed E-state index contributed by atoms with van der Waals surface area (Å²) >= 11 is 3.64. The van der Waals surface area contributed by atoms with Crippen LogP contribution in [-0.4, -0.2) is 23.5 Å². The van der Waals surface area contributed by atoms with E-state index >= 15 is 0 Å². The minimum atomic E-state index is 1.06. The van der Waals surface area contributed by atoms with Crippen molar-refractivity contribution in [3.05, 3.63) is 11.1 Å². The lowest BCUT2D eigenvalue weighted by molar-refractivity contribution is 0.689. The number of thioether (sulfide) groups is 1. The van der Waals surface area contributed by atoms with Crippen LogP contribution in [0.2, 0.25) is 0 Å². The maximum Gasteiger partial charge on any atom is 0.182 e. The molecule has 1 N–H and O–H groups in total. The fourth-order valence-electron chi connectivity index (χ4n) is 1.36. The van der Waals surface area contributed by atoms with E-state index in [4.69, 9.17) is 0 Å². The van der Waals surface area contributed by atoms with E-state index in [2.05, 4.69) is 21.9 Å². The van der Waals surface area contributed by atoms with E-state index in [0.29, 0.717) is 0 Å². The highest BCUT2D eigenvalue weighted by molar-refractivity contribution is 7.98. The molecule has 0 spiro atoms. The zero-order chi connectivity index (χ0) is 10.9. The first kappa shape index (κ1) is 12.8. The summed E-state index contributed by atoms with van der Waals surface area (Å²) in [5, 5.41) is 6.51. The Bertz CT molecular complexity index is 261. The number of hydrogen-bond acceptors (Lipinski definition) is 4. The van der Waals surface area contributed by atoms with Crippen LogP contribution in [0.3, 0.4) is 0 Å². The predicted octanol–water partition coefficient (Wildman–Crippen LogP) is 3.79. The summed E-state index contributed by atoms with van der Waals surface area (Å²) in [5.74, 6) is 1.30. The van der Waals surface area contributed by atoms with Crippen LogP contribution in [0.15, 0.2) is 5.38 Å². The Labute approximate surface area is 101 Å². The van der Waals surface area contributed by atoms with Gasteiger partial charge in [-0.05, 0) is 31.8 Å². The molecule has 0 saturated carbocycles. The van der Waals surface area contributed by atoms with Crippen molar-refractivity contribution in [1.29, 1.82) is 0 Å². The van der Waals surface area contributed by atoms with Crippen LogP contribution >= 0.6 is 23.1 Å². The second-order valence-electron chi connectivity index (χ2n) is 3.63. The fraction of sp³-hybridized carbons (Fsp3) is 0.727. The van der Waals surface area contributed by atoms with Crippen molar-refractivity contribution in [3.63, 3.8) is 0 Å². The third-order valence-corrected chi connectivity index (χ3v) is 3.79. The molecule has 0 aliphatic rings. The number of aryl methyl sites for hydroxylation is 1. The van der Waals surface area contributed by atoms with Crippen molar-refractivity contribution in [2.45, 2.75) is 32.6 Å². The summed E-state index contributed by atoms with van der Waals surface area (Å²) in [4.78, 5) is 4.36. The highest BCUT2D eigenvalue weighted by atomic mass is 32.2. The number of thiazole rings is 1. The van der Waals surface area contributed by atoms with E-state index in [-0.39, 0.29) is 0 Å². The molecule has 1 aromatic heterocycles.